The van der Waals surface area contributed by atoms with E-state index in [0.29, 0.717) is 17.1 Å². The Hall–Kier alpha value is -2.70. The lowest BCUT2D eigenvalue weighted by molar-refractivity contribution is 0.212. The van der Waals surface area contributed by atoms with Gasteiger partial charge in [-0.05, 0) is 31.5 Å². The summed E-state index contributed by atoms with van der Waals surface area (Å²) in [5.41, 5.74) is 1.86. The van der Waals surface area contributed by atoms with Gasteiger partial charge in [0.1, 0.15) is 11.6 Å². The molecule has 0 saturated carbocycles. The van der Waals surface area contributed by atoms with Crippen molar-refractivity contribution in [3.8, 4) is 0 Å². The van der Waals surface area contributed by atoms with Crippen molar-refractivity contribution in [1.29, 1.82) is 0 Å². The first kappa shape index (κ1) is 15.2. The van der Waals surface area contributed by atoms with Crippen LogP contribution in [0, 0.1) is 19.7 Å². The zero-order valence-corrected chi connectivity index (χ0v) is 13.2. The van der Waals surface area contributed by atoms with Gasteiger partial charge in [-0.25, -0.2) is 14.2 Å². The molecule has 0 atom stereocenters. The molecule has 0 saturated heterocycles. The molecule has 0 bridgehead atoms. The zero-order chi connectivity index (χ0) is 16.7. The molecule has 3 rings (SSSR count). The first-order valence-corrected chi connectivity index (χ1v) is 7.24. The summed E-state index contributed by atoms with van der Waals surface area (Å²) in [5, 5.41) is 2.54. The van der Waals surface area contributed by atoms with Crippen LogP contribution in [-0.4, -0.2) is 20.5 Å². The molecular weight excluding hydrogens is 299 g/mol. The number of amides is 2. The van der Waals surface area contributed by atoms with Crippen molar-refractivity contribution in [3.05, 3.63) is 57.0 Å². The van der Waals surface area contributed by atoms with E-state index in [1.807, 2.05) is 0 Å². The standard InChI is InChI=1S/C16H17FN4O2/c1-9-4-5-13(12(17)6-9)19-16(23)21-7-11-14(8-21)18-10(2)20(3)15(11)22/h4-6H,7-8H2,1-3H3,(H,19,23). The second kappa shape index (κ2) is 5.49. The van der Waals surface area contributed by atoms with Crippen LogP contribution >= 0.6 is 0 Å². The number of benzene rings is 1. The zero-order valence-electron chi connectivity index (χ0n) is 13.2. The van der Waals surface area contributed by atoms with E-state index in [1.54, 1.807) is 27.0 Å². The molecule has 2 amide bonds. The van der Waals surface area contributed by atoms with Gasteiger partial charge < -0.3 is 10.2 Å². The Morgan fingerprint density at radius 3 is 2.74 bits per heavy atom. The molecule has 0 spiro atoms. The summed E-state index contributed by atoms with van der Waals surface area (Å²) in [6.45, 7) is 3.93. The van der Waals surface area contributed by atoms with E-state index in [0.717, 1.165) is 5.56 Å². The fourth-order valence-electron chi connectivity index (χ4n) is 2.59. The minimum absolute atomic E-state index is 0.119. The van der Waals surface area contributed by atoms with Crippen LogP contribution in [0.25, 0.3) is 0 Å². The Morgan fingerprint density at radius 2 is 2.04 bits per heavy atom. The summed E-state index contributed by atoms with van der Waals surface area (Å²) in [6, 6.07) is 4.14. The number of urea groups is 1. The van der Waals surface area contributed by atoms with Crippen LogP contribution < -0.4 is 10.9 Å². The maximum Gasteiger partial charge on any atom is 0.322 e. The van der Waals surface area contributed by atoms with Crippen molar-refractivity contribution in [3.63, 3.8) is 0 Å². The summed E-state index contributed by atoms with van der Waals surface area (Å²) >= 11 is 0. The Morgan fingerprint density at radius 1 is 1.30 bits per heavy atom. The average molecular weight is 316 g/mol. The van der Waals surface area contributed by atoms with Crippen LogP contribution in [0.3, 0.4) is 0 Å². The molecule has 1 aromatic carbocycles. The van der Waals surface area contributed by atoms with E-state index in [4.69, 9.17) is 0 Å². The third-order valence-corrected chi connectivity index (χ3v) is 4.04. The number of rotatable bonds is 1. The number of carbonyl (C=O) groups is 1. The number of fused-ring (bicyclic) bond motifs is 1. The van der Waals surface area contributed by atoms with Crippen LogP contribution in [0.1, 0.15) is 22.6 Å². The van der Waals surface area contributed by atoms with E-state index in [1.165, 1.54) is 21.6 Å². The van der Waals surface area contributed by atoms with E-state index in [-0.39, 0.29) is 24.3 Å². The fourth-order valence-corrected chi connectivity index (χ4v) is 2.59. The lowest BCUT2D eigenvalue weighted by atomic mass is 10.2. The minimum Gasteiger partial charge on any atom is -0.314 e. The molecule has 1 N–H and O–H groups in total. The van der Waals surface area contributed by atoms with Gasteiger partial charge in [0.05, 0.1) is 30.0 Å². The molecule has 23 heavy (non-hydrogen) atoms. The van der Waals surface area contributed by atoms with Crippen molar-refractivity contribution in [2.45, 2.75) is 26.9 Å². The van der Waals surface area contributed by atoms with Crippen LogP contribution in [0.15, 0.2) is 23.0 Å². The van der Waals surface area contributed by atoms with E-state index >= 15 is 0 Å². The first-order chi connectivity index (χ1) is 10.9. The van der Waals surface area contributed by atoms with Gasteiger partial charge in [-0.1, -0.05) is 6.07 Å². The molecule has 0 radical (unpaired) electrons. The number of anilines is 1. The van der Waals surface area contributed by atoms with Crippen LogP contribution in [-0.2, 0) is 20.1 Å². The summed E-state index contributed by atoms with van der Waals surface area (Å²) in [4.78, 5) is 30.3. The van der Waals surface area contributed by atoms with Crippen molar-refractivity contribution >= 4 is 11.7 Å². The minimum atomic E-state index is -0.486. The maximum absolute atomic E-state index is 13.8. The SMILES string of the molecule is Cc1ccc(NC(=O)N2Cc3nc(C)n(C)c(=O)c3C2)c(F)c1. The molecule has 1 aliphatic heterocycles. The summed E-state index contributed by atoms with van der Waals surface area (Å²) in [5.74, 6) is 0.112. The number of hydrogen-bond acceptors (Lipinski definition) is 3. The van der Waals surface area contributed by atoms with Crippen molar-refractivity contribution in [1.82, 2.24) is 14.5 Å². The highest BCUT2D eigenvalue weighted by molar-refractivity contribution is 5.89. The topological polar surface area (TPSA) is 67.2 Å². The molecule has 7 heteroatoms. The molecule has 0 unspecified atom stereocenters. The summed E-state index contributed by atoms with van der Waals surface area (Å²) in [7, 11) is 1.65. The predicted molar refractivity (Wildman–Crippen MR) is 83.6 cm³/mol. The molecule has 0 fully saturated rings. The van der Waals surface area contributed by atoms with Gasteiger partial charge in [0.2, 0.25) is 0 Å². The van der Waals surface area contributed by atoms with Crippen molar-refractivity contribution in [2.24, 2.45) is 7.05 Å². The maximum atomic E-state index is 13.8. The number of hydrogen-bond donors (Lipinski definition) is 1. The molecule has 2 aromatic rings. The van der Waals surface area contributed by atoms with Crippen LogP contribution in [0.4, 0.5) is 14.9 Å². The molecule has 2 heterocycles. The second-order valence-corrected chi connectivity index (χ2v) is 5.72. The monoisotopic (exact) mass is 316 g/mol. The number of aromatic nitrogens is 2. The summed E-state index contributed by atoms with van der Waals surface area (Å²) < 4.78 is 15.3. The van der Waals surface area contributed by atoms with Gasteiger partial charge in [-0.3, -0.25) is 9.36 Å². The van der Waals surface area contributed by atoms with E-state index in [9.17, 15) is 14.0 Å². The fraction of sp³-hybridized carbons (Fsp3) is 0.312. The third-order valence-electron chi connectivity index (χ3n) is 4.04. The highest BCUT2D eigenvalue weighted by Gasteiger charge is 2.28. The quantitative estimate of drug-likeness (QED) is 0.876. The van der Waals surface area contributed by atoms with Crippen molar-refractivity contribution in [2.75, 3.05) is 5.32 Å². The summed E-state index contributed by atoms with van der Waals surface area (Å²) in [6.07, 6.45) is 0. The van der Waals surface area contributed by atoms with Gasteiger partial charge >= 0.3 is 6.03 Å². The number of aryl methyl sites for hydroxylation is 2. The highest BCUT2D eigenvalue weighted by atomic mass is 19.1. The Labute approximate surface area is 132 Å². The first-order valence-electron chi connectivity index (χ1n) is 7.24. The van der Waals surface area contributed by atoms with Crippen molar-refractivity contribution < 1.29 is 9.18 Å². The van der Waals surface area contributed by atoms with Gasteiger partial charge in [-0.15, -0.1) is 0 Å². The van der Waals surface area contributed by atoms with Gasteiger partial charge in [0, 0.05) is 7.05 Å². The predicted octanol–water partition coefficient (Wildman–Crippen LogP) is 2.08. The van der Waals surface area contributed by atoms with Crippen LogP contribution in [0.5, 0.6) is 0 Å². The number of carbonyl (C=O) groups excluding carboxylic acids is 1. The number of halogens is 1. The molecule has 0 aliphatic carbocycles. The normalized spacial score (nSPS) is 13.1. The molecule has 6 nitrogen and oxygen atoms in total. The Balaban J connectivity index is 1.81. The molecule has 1 aromatic heterocycles. The average Bonchev–Trinajstić information content (AvgIpc) is 2.92. The Bertz CT molecular complexity index is 860. The van der Waals surface area contributed by atoms with Gasteiger partial charge in [0.25, 0.3) is 5.56 Å². The number of nitrogens with zero attached hydrogens (tertiary/aromatic N) is 3. The van der Waals surface area contributed by atoms with Gasteiger partial charge in [-0.2, -0.15) is 0 Å². The lowest BCUT2D eigenvalue weighted by Gasteiger charge is -2.16. The third kappa shape index (κ3) is 2.69. The smallest absolute Gasteiger partial charge is 0.314 e. The van der Waals surface area contributed by atoms with Gasteiger partial charge in [0.15, 0.2) is 0 Å². The largest absolute Gasteiger partial charge is 0.322 e. The molecular formula is C16H17FN4O2. The lowest BCUT2D eigenvalue weighted by Crippen LogP contribution is -2.31. The van der Waals surface area contributed by atoms with E-state index in [2.05, 4.69) is 10.3 Å². The molecule has 120 valence electrons. The molecule has 1 aliphatic rings. The Kier molecular flexibility index (Phi) is 3.63. The van der Waals surface area contributed by atoms with Crippen LogP contribution in [0.2, 0.25) is 0 Å². The number of nitrogens with one attached hydrogen (secondary N) is 1. The van der Waals surface area contributed by atoms with E-state index < -0.39 is 11.8 Å². The highest BCUT2D eigenvalue weighted by Crippen LogP contribution is 2.21. The second-order valence-electron chi connectivity index (χ2n) is 5.72.